The zero-order valence-electron chi connectivity index (χ0n) is 13.1. The first kappa shape index (κ1) is 15.3. The van der Waals surface area contributed by atoms with Gasteiger partial charge in [-0.05, 0) is 37.2 Å². The van der Waals surface area contributed by atoms with Crippen molar-refractivity contribution in [2.75, 3.05) is 33.3 Å². The van der Waals surface area contributed by atoms with E-state index in [2.05, 4.69) is 41.1 Å². The topological polar surface area (TPSA) is 39.9 Å². The van der Waals surface area contributed by atoms with E-state index in [1.54, 1.807) is 6.26 Å². The highest BCUT2D eigenvalue weighted by atomic mass is 16.3. The molecule has 4 nitrogen and oxygen atoms in total. The minimum atomic E-state index is 0.261. The van der Waals surface area contributed by atoms with Crippen LogP contribution in [0.1, 0.15) is 12.0 Å². The molecule has 1 saturated heterocycles. The molecule has 0 radical (unpaired) electrons. The molecule has 1 atom stereocenters. The van der Waals surface area contributed by atoms with Crippen molar-refractivity contribution in [3.05, 3.63) is 48.2 Å². The number of likely N-dealkylation sites (N-methyl/N-ethyl adjacent to an activating group) is 1. The second-order valence-electron chi connectivity index (χ2n) is 6.06. The van der Waals surface area contributed by atoms with E-state index in [9.17, 15) is 5.11 Å². The molecule has 118 valence electrons. The van der Waals surface area contributed by atoms with Crippen LogP contribution in [0.3, 0.4) is 0 Å². The number of furan rings is 1. The van der Waals surface area contributed by atoms with Gasteiger partial charge in [0.1, 0.15) is 5.76 Å². The van der Waals surface area contributed by atoms with Crippen LogP contribution < -0.4 is 0 Å². The third kappa shape index (κ3) is 3.58. The Morgan fingerprint density at radius 3 is 2.91 bits per heavy atom. The maximum atomic E-state index is 9.20. The molecule has 1 aromatic carbocycles. The Balaban J connectivity index is 1.67. The molecule has 22 heavy (non-hydrogen) atoms. The van der Waals surface area contributed by atoms with Crippen LogP contribution in [0.15, 0.2) is 47.1 Å². The summed E-state index contributed by atoms with van der Waals surface area (Å²) >= 11 is 0. The highest BCUT2D eigenvalue weighted by Crippen LogP contribution is 2.22. The summed E-state index contributed by atoms with van der Waals surface area (Å²) in [4.78, 5) is 4.83. The number of piperazine rings is 1. The lowest BCUT2D eigenvalue weighted by Crippen LogP contribution is -2.51. The van der Waals surface area contributed by atoms with E-state index >= 15 is 0 Å². The molecule has 1 aliphatic rings. The second kappa shape index (κ2) is 7.09. The molecule has 1 aliphatic heterocycles. The third-order valence-electron chi connectivity index (χ3n) is 4.46. The van der Waals surface area contributed by atoms with Gasteiger partial charge in [0.05, 0.1) is 6.26 Å². The van der Waals surface area contributed by atoms with Crippen molar-refractivity contribution >= 4 is 0 Å². The first-order valence-corrected chi connectivity index (χ1v) is 7.92. The molecule has 1 fully saturated rings. The number of hydrogen-bond donors (Lipinski definition) is 1. The van der Waals surface area contributed by atoms with Crippen LogP contribution in [0.25, 0.3) is 11.3 Å². The number of aliphatic hydroxyl groups excluding tert-OH is 1. The number of aliphatic hydroxyl groups is 1. The zero-order chi connectivity index (χ0) is 15.4. The van der Waals surface area contributed by atoms with E-state index in [0.29, 0.717) is 6.04 Å². The van der Waals surface area contributed by atoms with Crippen LogP contribution in [-0.4, -0.2) is 54.2 Å². The lowest BCUT2D eigenvalue weighted by molar-refractivity contribution is 0.0743. The van der Waals surface area contributed by atoms with Crippen LogP contribution >= 0.6 is 0 Å². The molecule has 2 heterocycles. The molecule has 0 spiro atoms. The molecule has 0 bridgehead atoms. The van der Waals surface area contributed by atoms with E-state index in [-0.39, 0.29) is 6.61 Å². The van der Waals surface area contributed by atoms with Crippen molar-refractivity contribution in [2.24, 2.45) is 0 Å². The Kier molecular flexibility index (Phi) is 4.93. The minimum Gasteiger partial charge on any atom is -0.464 e. The summed E-state index contributed by atoms with van der Waals surface area (Å²) in [5.41, 5.74) is 2.43. The van der Waals surface area contributed by atoms with Gasteiger partial charge in [-0.25, -0.2) is 0 Å². The fourth-order valence-corrected chi connectivity index (χ4v) is 3.14. The Bertz CT molecular complexity index is 583. The van der Waals surface area contributed by atoms with Gasteiger partial charge in [-0.3, -0.25) is 4.90 Å². The highest BCUT2D eigenvalue weighted by molar-refractivity contribution is 5.58. The summed E-state index contributed by atoms with van der Waals surface area (Å²) in [6.45, 7) is 4.36. The molecule has 1 aromatic heterocycles. The largest absolute Gasteiger partial charge is 0.464 e. The smallest absolute Gasteiger partial charge is 0.133 e. The van der Waals surface area contributed by atoms with Crippen LogP contribution in [0.2, 0.25) is 0 Å². The first-order chi connectivity index (χ1) is 10.8. The van der Waals surface area contributed by atoms with E-state index in [1.807, 2.05) is 12.1 Å². The van der Waals surface area contributed by atoms with Crippen molar-refractivity contribution in [3.8, 4) is 11.3 Å². The molecular weight excluding hydrogens is 276 g/mol. The molecule has 1 N–H and O–H groups in total. The number of rotatable bonds is 5. The zero-order valence-corrected chi connectivity index (χ0v) is 13.1. The van der Waals surface area contributed by atoms with Gasteiger partial charge in [0.25, 0.3) is 0 Å². The van der Waals surface area contributed by atoms with Crippen LogP contribution in [-0.2, 0) is 6.54 Å². The molecule has 3 rings (SSSR count). The van der Waals surface area contributed by atoms with Gasteiger partial charge in [0.15, 0.2) is 0 Å². The third-order valence-corrected chi connectivity index (χ3v) is 4.46. The summed E-state index contributed by atoms with van der Waals surface area (Å²) in [6.07, 6.45) is 2.56. The molecular formula is C18H24N2O2. The van der Waals surface area contributed by atoms with E-state index in [4.69, 9.17) is 4.42 Å². The SMILES string of the molecule is CN1CCN(Cc2cccc(-c3ccco3)c2)C[C@@H]1CCO. The monoisotopic (exact) mass is 300 g/mol. The van der Waals surface area contributed by atoms with Crippen molar-refractivity contribution in [3.63, 3.8) is 0 Å². The number of benzene rings is 1. The van der Waals surface area contributed by atoms with Crippen molar-refractivity contribution in [1.82, 2.24) is 9.80 Å². The second-order valence-corrected chi connectivity index (χ2v) is 6.06. The minimum absolute atomic E-state index is 0.261. The van der Waals surface area contributed by atoms with Crippen LogP contribution in [0.4, 0.5) is 0 Å². The summed E-state index contributed by atoms with van der Waals surface area (Å²) in [6, 6.07) is 12.9. The Morgan fingerprint density at radius 1 is 1.23 bits per heavy atom. The first-order valence-electron chi connectivity index (χ1n) is 7.92. The van der Waals surface area contributed by atoms with Gasteiger partial charge in [-0.15, -0.1) is 0 Å². The van der Waals surface area contributed by atoms with Crippen molar-refractivity contribution in [2.45, 2.75) is 19.0 Å². The average Bonchev–Trinajstić information content (AvgIpc) is 3.06. The Labute approximate surface area is 132 Å². The molecule has 0 saturated carbocycles. The fourth-order valence-electron chi connectivity index (χ4n) is 3.14. The quantitative estimate of drug-likeness (QED) is 0.921. The summed E-state index contributed by atoms with van der Waals surface area (Å²) < 4.78 is 5.48. The highest BCUT2D eigenvalue weighted by Gasteiger charge is 2.23. The van der Waals surface area contributed by atoms with Gasteiger partial charge in [-0.2, -0.15) is 0 Å². The molecule has 2 aromatic rings. The maximum Gasteiger partial charge on any atom is 0.133 e. The molecule has 0 unspecified atom stereocenters. The average molecular weight is 300 g/mol. The van der Waals surface area contributed by atoms with Gasteiger partial charge < -0.3 is 14.4 Å². The normalized spacial score (nSPS) is 20.4. The lowest BCUT2D eigenvalue weighted by atomic mass is 10.1. The van der Waals surface area contributed by atoms with Gasteiger partial charge in [-0.1, -0.05) is 18.2 Å². The fraction of sp³-hybridized carbons (Fsp3) is 0.444. The molecule has 0 aliphatic carbocycles. The van der Waals surface area contributed by atoms with Gasteiger partial charge in [0, 0.05) is 44.4 Å². The predicted molar refractivity (Wildman–Crippen MR) is 87.5 cm³/mol. The summed E-state index contributed by atoms with van der Waals surface area (Å²) in [5.74, 6) is 0.915. The summed E-state index contributed by atoms with van der Waals surface area (Å²) in [5, 5.41) is 9.20. The van der Waals surface area contributed by atoms with Gasteiger partial charge in [0.2, 0.25) is 0 Å². The van der Waals surface area contributed by atoms with Crippen molar-refractivity contribution < 1.29 is 9.52 Å². The standard InChI is InChI=1S/C18H24N2O2/c1-19-8-9-20(14-17(19)7-10-21)13-15-4-2-5-16(12-15)18-6-3-11-22-18/h2-6,11-12,17,21H,7-10,13-14H2,1H3/t17-/m0/s1. The number of nitrogens with zero attached hydrogens (tertiary/aromatic N) is 2. The predicted octanol–water partition coefficient (Wildman–Crippen LogP) is 2.45. The number of hydrogen-bond acceptors (Lipinski definition) is 4. The Morgan fingerprint density at radius 2 is 2.14 bits per heavy atom. The maximum absolute atomic E-state index is 9.20. The Hall–Kier alpha value is -1.62. The van der Waals surface area contributed by atoms with E-state index in [1.165, 1.54) is 5.56 Å². The molecule has 0 amide bonds. The summed E-state index contributed by atoms with van der Waals surface area (Å²) in [7, 11) is 2.15. The lowest BCUT2D eigenvalue weighted by Gasteiger charge is -2.39. The van der Waals surface area contributed by atoms with Gasteiger partial charge >= 0.3 is 0 Å². The van der Waals surface area contributed by atoms with Crippen molar-refractivity contribution in [1.29, 1.82) is 0 Å². The van der Waals surface area contributed by atoms with Crippen LogP contribution in [0, 0.1) is 0 Å². The molecule has 4 heteroatoms. The van der Waals surface area contributed by atoms with Crippen LogP contribution in [0.5, 0.6) is 0 Å². The van der Waals surface area contributed by atoms with E-state index in [0.717, 1.165) is 43.9 Å². The van der Waals surface area contributed by atoms with E-state index < -0.39 is 0 Å².